The molecule has 0 radical (unpaired) electrons. The molecule has 0 aliphatic carbocycles. The van der Waals surface area contributed by atoms with Crippen LogP contribution in [0.5, 0.6) is 5.75 Å². The van der Waals surface area contributed by atoms with Crippen molar-refractivity contribution in [3.63, 3.8) is 0 Å². The van der Waals surface area contributed by atoms with Crippen LogP contribution in [-0.2, 0) is 57.6 Å². The van der Waals surface area contributed by atoms with Crippen LogP contribution < -0.4 is 28.7 Å². The Balaban J connectivity index is -0.000000435. The Morgan fingerprint density at radius 2 is 0.963 bits per heavy atom. The number of ketones is 7. The number of guanidine groups is 1. The van der Waals surface area contributed by atoms with Crippen LogP contribution in [0.3, 0.4) is 0 Å². The lowest BCUT2D eigenvalue weighted by molar-refractivity contribution is -0.122. The molecule has 6 atom stereocenters. The summed E-state index contributed by atoms with van der Waals surface area (Å²) in [5.74, 6) is 1.68. The number of primary amides is 1. The summed E-state index contributed by atoms with van der Waals surface area (Å²) in [7, 11) is 0. The molecule has 81 heavy (non-hydrogen) atoms. The van der Waals surface area contributed by atoms with Gasteiger partial charge in [-0.15, -0.1) is 0 Å². The van der Waals surface area contributed by atoms with Gasteiger partial charge in [0.2, 0.25) is 5.91 Å². The third kappa shape index (κ3) is 42.9. The molecule has 17 nitrogen and oxygen atoms in total. The molecule has 0 saturated heterocycles. The van der Waals surface area contributed by atoms with Gasteiger partial charge in [-0.1, -0.05) is 129 Å². The van der Waals surface area contributed by atoms with Gasteiger partial charge in [0.05, 0.1) is 5.84 Å². The number of rotatable bonds is 23. The molecule has 0 aliphatic heterocycles. The number of carbonyl (C=O) groups excluding carboxylic acids is 8. The number of phenolic OH excluding ortho intramolecular Hbond substituents is 1. The lowest BCUT2D eigenvalue weighted by Gasteiger charge is -2.10. The zero-order chi connectivity index (χ0) is 62.2. The van der Waals surface area contributed by atoms with Crippen molar-refractivity contribution in [3.8, 4) is 5.75 Å². The lowest BCUT2D eigenvalue weighted by Crippen LogP contribution is -2.23. The summed E-state index contributed by atoms with van der Waals surface area (Å²) >= 11 is 0. The predicted octanol–water partition coefficient (Wildman–Crippen LogP) is 10.4. The van der Waals surface area contributed by atoms with Gasteiger partial charge in [0.25, 0.3) is 0 Å². The molecular weight excluding hydrogens is 1020 g/mol. The number of nitrogen functional groups attached to an aromatic ring is 1. The third-order valence-corrected chi connectivity index (χ3v) is 12.8. The fraction of sp³-hybridized carbons (Fsp3) is 0.484. The number of nitrogens with zero attached hydrogens (tertiary/aromatic N) is 1. The maximum atomic E-state index is 11.3. The third-order valence-electron chi connectivity index (χ3n) is 12.8. The first-order valence-corrected chi connectivity index (χ1v) is 27.0. The standard InChI is InChI=1S/C15H16O.C12H16N2O.C11H14O2.C8H17N3O.C7H13NO2.C6H12N2O.C4H8O.CH4/c1-11(12(2)16)10-14-8-5-7-13-6-3-4-9-15(13)14;1-8(9(2)15)6-10-4-3-5-11(7-10)12(13)14;1-8(9(2)12)7-10-3-5-11(13)6-4-10;1-6(7(2)12)4-3-5-11-8(9)10;1-5(6(2)9)3-4-7(8)10;1-4(5(2)9)3-6(7)8;1-3-4(2)5;/h3-9,11H,10H2,1-2H3;3-5,7-8H,6H2,1-2H3,(H3,13,14);3-6,8,13H,7H2,1-2H3;6H,3-5H2,1-2H3,(H4,9,10,11);5H,3-4H2,1-2H3,(H2,8,10);4H,3H2,1-2H3,(H3,7,8);3H2,1-2H3;1H4. The smallest absolute Gasteiger partial charge is 0.217 e. The quantitative estimate of drug-likeness (QED) is 0.0195. The number of aromatic hydroxyl groups is 1. The second-order valence-corrected chi connectivity index (χ2v) is 20.3. The molecule has 0 aliphatic rings. The number of amidine groups is 2. The van der Waals surface area contributed by atoms with Crippen LogP contribution in [0.25, 0.3) is 10.8 Å². The molecular formula is C64H100N8O9. The topological polar surface area (TPSA) is 347 Å². The number of hydrogen-bond acceptors (Lipinski definition) is 12. The van der Waals surface area contributed by atoms with E-state index in [4.69, 9.17) is 44.6 Å². The van der Waals surface area contributed by atoms with Gasteiger partial charge in [0.1, 0.15) is 52.1 Å². The Hall–Kier alpha value is -7.69. The number of fused-ring (bicyclic) bond motifs is 1. The Labute approximate surface area is 484 Å². The molecule has 13 N–H and O–H groups in total. The van der Waals surface area contributed by atoms with Crippen molar-refractivity contribution in [3.05, 3.63) is 113 Å². The average Bonchev–Trinajstić information content (AvgIpc) is 3.38. The van der Waals surface area contributed by atoms with E-state index in [0.29, 0.717) is 44.2 Å². The van der Waals surface area contributed by atoms with Gasteiger partial charge in [0, 0.05) is 66.9 Å². The monoisotopic (exact) mass is 1120 g/mol. The Bertz CT molecular complexity index is 2600. The number of nitrogens with two attached hydrogens (primary N) is 5. The van der Waals surface area contributed by atoms with Crippen molar-refractivity contribution in [2.45, 2.75) is 162 Å². The van der Waals surface area contributed by atoms with E-state index < -0.39 is 0 Å². The molecule has 0 bridgehead atoms. The number of nitrogens with one attached hydrogen (secondary N) is 2. The second-order valence-electron chi connectivity index (χ2n) is 20.3. The summed E-state index contributed by atoms with van der Waals surface area (Å²) in [6.45, 7) is 24.8. The van der Waals surface area contributed by atoms with Crippen LogP contribution in [0.2, 0.25) is 0 Å². The van der Waals surface area contributed by atoms with Crippen molar-refractivity contribution in [2.75, 3.05) is 6.54 Å². The van der Waals surface area contributed by atoms with Gasteiger partial charge in [-0.3, -0.25) is 49.4 Å². The average molecular weight is 1130 g/mol. The molecule has 0 fully saturated rings. The molecule has 1 amide bonds. The molecule has 450 valence electrons. The fourth-order valence-electron chi connectivity index (χ4n) is 6.28. The van der Waals surface area contributed by atoms with Crippen molar-refractivity contribution in [1.82, 2.24) is 0 Å². The minimum atomic E-state index is -0.340. The predicted molar refractivity (Wildman–Crippen MR) is 332 cm³/mol. The first-order chi connectivity index (χ1) is 37.2. The van der Waals surface area contributed by atoms with Gasteiger partial charge in [-0.05, 0) is 133 Å². The highest BCUT2D eigenvalue weighted by Gasteiger charge is 2.13. The number of carbonyl (C=O) groups is 8. The summed E-state index contributed by atoms with van der Waals surface area (Å²) in [5, 5.41) is 25.7. The summed E-state index contributed by atoms with van der Waals surface area (Å²) in [5.41, 5.74) is 29.7. The van der Waals surface area contributed by atoms with Crippen molar-refractivity contribution in [1.29, 1.82) is 10.8 Å². The molecule has 0 saturated carbocycles. The zero-order valence-corrected chi connectivity index (χ0v) is 50.2. The molecule has 0 heterocycles. The molecule has 4 rings (SSSR count). The highest BCUT2D eigenvalue weighted by Crippen LogP contribution is 2.22. The number of aliphatic imine (C=N–C) groups is 1. The molecule has 4 aromatic carbocycles. The van der Waals surface area contributed by atoms with Crippen LogP contribution in [0.1, 0.15) is 165 Å². The van der Waals surface area contributed by atoms with Gasteiger partial charge >= 0.3 is 0 Å². The van der Waals surface area contributed by atoms with E-state index in [9.17, 15) is 38.4 Å². The minimum absolute atomic E-state index is 0. The molecule has 0 aromatic heterocycles. The van der Waals surface area contributed by atoms with Crippen LogP contribution >= 0.6 is 0 Å². The van der Waals surface area contributed by atoms with Crippen LogP contribution in [0, 0.1) is 46.3 Å². The molecule has 4 aromatic rings. The van der Waals surface area contributed by atoms with Gasteiger partial charge in [0.15, 0.2) is 5.96 Å². The lowest BCUT2D eigenvalue weighted by atomic mass is 9.94. The summed E-state index contributed by atoms with van der Waals surface area (Å²) in [6.07, 6.45) is 5.92. The van der Waals surface area contributed by atoms with Gasteiger partial charge in [-0.25, -0.2) is 0 Å². The Kier molecular flexibility index (Phi) is 44.4. The van der Waals surface area contributed by atoms with E-state index in [1.807, 2.05) is 77.1 Å². The fourth-order valence-corrected chi connectivity index (χ4v) is 6.28. The molecule has 17 heteroatoms. The van der Waals surface area contributed by atoms with E-state index in [1.165, 1.54) is 30.2 Å². The molecule has 0 spiro atoms. The number of hydrogen-bond donors (Lipinski definition) is 8. The minimum Gasteiger partial charge on any atom is -0.508 e. The maximum absolute atomic E-state index is 11.3. The van der Waals surface area contributed by atoms with E-state index in [0.717, 1.165) is 36.8 Å². The summed E-state index contributed by atoms with van der Waals surface area (Å²) < 4.78 is 0. The first kappa shape index (κ1) is 79.8. The Morgan fingerprint density at radius 1 is 0.531 bits per heavy atom. The number of phenols is 1. The van der Waals surface area contributed by atoms with E-state index in [2.05, 4.69) is 35.3 Å². The molecule has 6 unspecified atom stereocenters. The highest BCUT2D eigenvalue weighted by molar-refractivity contribution is 5.95. The number of Topliss-reactive ketones (excluding diaryl/α,β-unsaturated/α-hetero) is 7. The van der Waals surface area contributed by atoms with Crippen molar-refractivity contribution < 1.29 is 43.5 Å². The van der Waals surface area contributed by atoms with Crippen LogP contribution in [-0.4, -0.2) is 75.7 Å². The SMILES string of the molecule is C.CC(=O)C(C)CC(=N)N.CC(=O)C(C)CCC(N)=O.CC(=O)C(C)CCCN=C(N)N.CC(=O)C(C)Cc1ccc(O)cc1.CC(=O)C(C)Cc1cccc(C(=N)N)c1.CC(=O)C(C)Cc1cccc2ccccc12.CCC(C)=O. The van der Waals surface area contributed by atoms with Crippen molar-refractivity contribution >= 4 is 74.8 Å². The van der Waals surface area contributed by atoms with Crippen LogP contribution in [0.4, 0.5) is 0 Å². The zero-order valence-electron chi connectivity index (χ0n) is 50.2. The summed E-state index contributed by atoms with van der Waals surface area (Å²) in [6, 6.07) is 29.0. The highest BCUT2D eigenvalue weighted by atomic mass is 16.3. The number of amides is 1. The Morgan fingerprint density at radius 3 is 1.38 bits per heavy atom. The summed E-state index contributed by atoms with van der Waals surface area (Å²) in [4.78, 5) is 89.1. The van der Waals surface area contributed by atoms with Crippen molar-refractivity contribution in [2.24, 2.45) is 69.2 Å². The normalized spacial score (nSPS) is 12.0. The second kappa shape index (κ2) is 45.1. The maximum Gasteiger partial charge on any atom is 0.217 e. The van der Waals surface area contributed by atoms with E-state index >= 15 is 0 Å². The first-order valence-electron chi connectivity index (χ1n) is 27.0. The van der Waals surface area contributed by atoms with E-state index in [-0.39, 0.29) is 113 Å². The number of benzene rings is 4. The van der Waals surface area contributed by atoms with E-state index in [1.54, 1.807) is 66.7 Å². The largest absolute Gasteiger partial charge is 0.508 e. The van der Waals surface area contributed by atoms with Crippen LogP contribution in [0.15, 0.2) is 96.0 Å². The van der Waals surface area contributed by atoms with Gasteiger partial charge < -0.3 is 38.6 Å². The van der Waals surface area contributed by atoms with Gasteiger partial charge in [-0.2, -0.15) is 0 Å².